The highest BCUT2D eigenvalue weighted by Gasteiger charge is 2.26. The molecule has 0 aliphatic heterocycles. The topological polar surface area (TPSA) is 88.5 Å². The molecular formula is C6H6O5. The fourth-order valence-corrected chi connectivity index (χ4v) is 0.384. The molecule has 0 saturated carbocycles. The number of ketones is 3. The molecule has 0 atom stereocenters. The minimum absolute atomic E-state index is 0.155. The Morgan fingerprint density at radius 3 is 1.82 bits per heavy atom. The summed E-state index contributed by atoms with van der Waals surface area (Å²) in [5.74, 6) is -5.99. The van der Waals surface area contributed by atoms with E-state index in [1.54, 1.807) is 0 Å². The van der Waals surface area contributed by atoms with Gasteiger partial charge in [0.2, 0.25) is 5.78 Å². The molecule has 0 spiro atoms. The molecule has 0 aromatic rings. The molecule has 0 amide bonds. The van der Waals surface area contributed by atoms with E-state index in [-0.39, 0.29) is 6.42 Å². The van der Waals surface area contributed by atoms with Crippen molar-refractivity contribution >= 4 is 23.3 Å². The van der Waals surface area contributed by atoms with Crippen molar-refractivity contribution in [2.75, 3.05) is 0 Å². The maximum Gasteiger partial charge on any atom is 0.380 e. The summed E-state index contributed by atoms with van der Waals surface area (Å²) < 4.78 is 0. The van der Waals surface area contributed by atoms with E-state index < -0.39 is 23.3 Å². The van der Waals surface area contributed by atoms with Gasteiger partial charge in [-0.2, -0.15) is 0 Å². The molecule has 0 heterocycles. The van der Waals surface area contributed by atoms with E-state index in [1.165, 1.54) is 6.92 Å². The van der Waals surface area contributed by atoms with Crippen molar-refractivity contribution in [2.24, 2.45) is 0 Å². The summed E-state index contributed by atoms with van der Waals surface area (Å²) in [5.41, 5.74) is 0. The largest absolute Gasteiger partial charge is 0.475 e. The lowest BCUT2D eigenvalue weighted by Gasteiger charge is -1.89. The lowest BCUT2D eigenvalue weighted by Crippen LogP contribution is -2.29. The van der Waals surface area contributed by atoms with E-state index in [0.717, 1.165) is 0 Å². The molecule has 0 fully saturated rings. The Morgan fingerprint density at radius 2 is 1.55 bits per heavy atom. The van der Waals surface area contributed by atoms with Gasteiger partial charge in [-0.3, -0.25) is 14.4 Å². The minimum Gasteiger partial charge on any atom is -0.475 e. The molecule has 0 aliphatic rings. The molecule has 5 heteroatoms. The summed E-state index contributed by atoms with van der Waals surface area (Å²) in [6.45, 7) is 1.37. The molecule has 0 saturated heterocycles. The molecule has 11 heavy (non-hydrogen) atoms. The van der Waals surface area contributed by atoms with Crippen LogP contribution in [0, 0.1) is 0 Å². The first-order chi connectivity index (χ1) is 5.00. The summed E-state index contributed by atoms with van der Waals surface area (Å²) >= 11 is 0. The van der Waals surface area contributed by atoms with Crippen LogP contribution in [0.2, 0.25) is 0 Å². The summed E-state index contributed by atoms with van der Waals surface area (Å²) in [7, 11) is 0. The molecule has 0 radical (unpaired) electrons. The van der Waals surface area contributed by atoms with Crippen LogP contribution in [-0.4, -0.2) is 28.4 Å². The number of carboxylic acid groups (broad SMARTS) is 1. The van der Waals surface area contributed by atoms with Gasteiger partial charge in [0, 0.05) is 6.42 Å². The smallest absolute Gasteiger partial charge is 0.380 e. The molecule has 0 aromatic carbocycles. The lowest BCUT2D eigenvalue weighted by atomic mass is 10.1. The first kappa shape index (κ1) is 9.48. The van der Waals surface area contributed by atoms with Crippen LogP contribution in [0.4, 0.5) is 0 Å². The van der Waals surface area contributed by atoms with Crippen molar-refractivity contribution in [3.05, 3.63) is 0 Å². The van der Waals surface area contributed by atoms with Crippen LogP contribution in [0.1, 0.15) is 13.3 Å². The second-order valence-electron chi connectivity index (χ2n) is 1.74. The zero-order valence-electron chi connectivity index (χ0n) is 5.79. The van der Waals surface area contributed by atoms with E-state index >= 15 is 0 Å². The zero-order chi connectivity index (χ0) is 9.02. The van der Waals surface area contributed by atoms with E-state index in [1.807, 2.05) is 0 Å². The first-order valence-electron chi connectivity index (χ1n) is 2.85. The Kier molecular flexibility index (Phi) is 3.10. The molecule has 0 rings (SSSR count). The normalized spacial score (nSPS) is 8.82. The van der Waals surface area contributed by atoms with Gasteiger partial charge in [0.1, 0.15) is 0 Å². The van der Waals surface area contributed by atoms with Crippen LogP contribution in [-0.2, 0) is 19.2 Å². The summed E-state index contributed by atoms with van der Waals surface area (Å²) in [4.78, 5) is 41.0. The monoisotopic (exact) mass is 158 g/mol. The highest BCUT2D eigenvalue weighted by Crippen LogP contribution is 1.85. The van der Waals surface area contributed by atoms with Crippen LogP contribution in [0.25, 0.3) is 0 Å². The predicted molar refractivity (Wildman–Crippen MR) is 32.9 cm³/mol. The maximum atomic E-state index is 10.4. The van der Waals surface area contributed by atoms with Crippen molar-refractivity contribution in [1.29, 1.82) is 0 Å². The van der Waals surface area contributed by atoms with Crippen molar-refractivity contribution in [3.63, 3.8) is 0 Å². The van der Waals surface area contributed by atoms with E-state index in [4.69, 9.17) is 5.11 Å². The van der Waals surface area contributed by atoms with Gasteiger partial charge < -0.3 is 5.11 Å². The van der Waals surface area contributed by atoms with Gasteiger partial charge in [0.05, 0.1) is 0 Å². The Balaban J connectivity index is 4.39. The summed E-state index contributed by atoms with van der Waals surface area (Å²) in [5, 5.41) is 7.97. The zero-order valence-corrected chi connectivity index (χ0v) is 5.79. The number of rotatable bonds is 4. The van der Waals surface area contributed by atoms with Crippen LogP contribution < -0.4 is 0 Å². The number of Topliss-reactive ketones (excluding diaryl/α,β-unsaturated/α-hetero) is 3. The van der Waals surface area contributed by atoms with Crippen LogP contribution in [0.5, 0.6) is 0 Å². The number of carbonyl (C=O) groups excluding carboxylic acids is 3. The molecule has 0 aliphatic carbocycles. The van der Waals surface area contributed by atoms with E-state index in [0.29, 0.717) is 0 Å². The first-order valence-corrected chi connectivity index (χ1v) is 2.85. The second-order valence-corrected chi connectivity index (χ2v) is 1.74. The Labute approximate surface area is 62.0 Å². The number of hydrogen-bond donors (Lipinski definition) is 1. The minimum atomic E-state index is -1.89. The van der Waals surface area contributed by atoms with Crippen LogP contribution in [0.3, 0.4) is 0 Å². The molecule has 5 nitrogen and oxygen atoms in total. The molecular weight excluding hydrogens is 152 g/mol. The van der Waals surface area contributed by atoms with Crippen LogP contribution in [0.15, 0.2) is 0 Å². The molecule has 0 aromatic heterocycles. The predicted octanol–water partition coefficient (Wildman–Crippen LogP) is -0.812. The third-order valence-corrected chi connectivity index (χ3v) is 0.975. The fraction of sp³-hybridized carbons (Fsp3) is 0.333. The molecule has 1 N–H and O–H groups in total. The number of hydrogen-bond acceptors (Lipinski definition) is 4. The average Bonchev–Trinajstić information content (AvgIpc) is 2.00. The highest BCUT2D eigenvalue weighted by molar-refractivity contribution is 6.76. The maximum absolute atomic E-state index is 10.4. The number of aliphatic carboxylic acids is 1. The van der Waals surface area contributed by atoms with Gasteiger partial charge in [-0.05, 0) is 0 Å². The standard InChI is InChI=1S/C6H6O5/c1-2-3(7)4(8)5(9)6(10)11/h2H2,1H3,(H,10,11). The van der Waals surface area contributed by atoms with Gasteiger partial charge in [0.25, 0.3) is 5.78 Å². The van der Waals surface area contributed by atoms with E-state index in [9.17, 15) is 19.2 Å². The fourth-order valence-electron chi connectivity index (χ4n) is 0.384. The van der Waals surface area contributed by atoms with Gasteiger partial charge in [-0.25, -0.2) is 4.79 Å². The molecule has 60 valence electrons. The van der Waals surface area contributed by atoms with Gasteiger partial charge >= 0.3 is 11.8 Å². The van der Waals surface area contributed by atoms with Crippen LogP contribution >= 0.6 is 0 Å². The van der Waals surface area contributed by atoms with Crippen molar-refractivity contribution in [1.82, 2.24) is 0 Å². The van der Waals surface area contributed by atoms with Crippen molar-refractivity contribution in [3.8, 4) is 0 Å². The quantitative estimate of drug-likeness (QED) is 0.427. The Morgan fingerprint density at radius 1 is 1.09 bits per heavy atom. The molecule has 0 unspecified atom stereocenters. The highest BCUT2D eigenvalue weighted by atomic mass is 16.4. The third kappa shape index (κ3) is 2.29. The molecule has 0 bridgehead atoms. The number of carboxylic acids is 1. The van der Waals surface area contributed by atoms with E-state index in [2.05, 4.69) is 0 Å². The second kappa shape index (κ2) is 3.60. The SMILES string of the molecule is CCC(=O)C(=O)C(=O)C(=O)O. The summed E-state index contributed by atoms with van der Waals surface area (Å²) in [6.07, 6.45) is -0.155. The van der Waals surface area contributed by atoms with Gasteiger partial charge in [0.15, 0.2) is 0 Å². The Bertz CT molecular complexity index is 227. The van der Waals surface area contributed by atoms with Crippen molar-refractivity contribution in [2.45, 2.75) is 13.3 Å². The van der Waals surface area contributed by atoms with Gasteiger partial charge in [-0.15, -0.1) is 0 Å². The third-order valence-electron chi connectivity index (χ3n) is 0.975. The lowest BCUT2D eigenvalue weighted by molar-refractivity contribution is -0.155. The Hall–Kier alpha value is -1.52. The number of carbonyl (C=O) groups is 4. The summed E-state index contributed by atoms with van der Waals surface area (Å²) in [6, 6.07) is 0. The average molecular weight is 158 g/mol. The van der Waals surface area contributed by atoms with Crippen molar-refractivity contribution < 1.29 is 24.3 Å². The van der Waals surface area contributed by atoms with Gasteiger partial charge in [-0.1, -0.05) is 6.92 Å².